The van der Waals surface area contributed by atoms with Crippen molar-refractivity contribution in [3.63, 3.8) is 0 Å². The van der Waals surface area contributed by atoms with E-state index in [9.17, 15) is 0 Å². The fourth-order valence-corrected chi connectivity index (χ4v) is 3.14. The van der Waals surface area contributed by atoms with E-state index < -0.39 is 0 Å². The Labute approximate surface area is 137 Å². The maximum absolute atomic E-state index is 4.70. The first-order chi connectivity index (χ1) is 11.1. The van der Waals surface area contributed by atoms with Gasteiger partial charge in [-0.2, -0.15) is 0 Å². The normalized spacial score (nSPS) is 16.0. The lowest BCUT2D eigenvalue weighted by Gasteiger charge is -2.24. The standard InChI is InChI=1S/C17H26N6/c1-11(2)15(17-19-9-10-23(17)4)22-16-13-5-7-18-8-6-14(13)20-12(3)21-16/h9-11,15,18H,5-8H2,1-4H3,(H,20,21,22)/t15-/m0/s1. The third-order valence-electron chi connectivity index (χ3n) is 4.39. The maximum atomic E-state index is 4.70. The number of anilines is 1. The highest BCUT2D eigenvalue weighted by atomic mass is 15.1. The zero-order valence-electron chi connectivity index (χ0n) is 14.4. The molecule has 0 saturated carbocycles. The molecule has 0 aromatic carbocycles. The van der Waals surface area contributed by atoms with Crippen molar-refractivity contribution in [3.05, 3.63) is 35.3 Å². The fourth-order valence-electron chi connectivity index (χ4n) is 3.14. The molecule has 0 amide bonds. The van der Waals surface area contributed by atoms with Crippen molar-refractivity contribution >= 4 is 5.82 Å². The van der Waals surface area contributed by atoms with E-state index in [-0.39, 0.29) is 6.04 Å². The zero-order valence-corrected chi connectivity index (χ0v) is 14.4. The van der Waals surface area contributed by atoms with Gasteiger partial charge < -0.3 is 15.2 Å². The number of aromatic nitrogens is 4. The fraction of sp³-hybridized carbons (Fsp3) is 0.588. The molecule has 124 valence electrons. The van der Waals surface area contributed by atoms with Gasteiger partial charge in [0.15, 0.2) is 0 Å². The molecule has 0 aliphatic carbocycles. The average molecular weight is 314 g/mol. The number of aryl methyl sites for hydroxylation is 2. The minimum Gasteiger partial charge on any atom is -0.360 e. The van der Waals surface area contributed by atoms with Gasteiger partial charge in [0, 0.05) is 38.0 Å². The average Bonchev–Trinajstić information content (AvgIpc) is 2.77. The third-order valence-corrected chi connectivity index (χ3v) is 4.39. The van der Waals surface area contributed by atoms with Gasteiger partial charge in [0.25, 0.3) is 0 Å². The summed E-state index contributed by atoms with van der Waals surface area (Å²) in [6.07, 6.45) is 5.76. The molecule has 2 aromatic heterocycles. The van der Waals surface area contributed by atoms with Crippen LogP contribution in [0.2, 0.25) is 0 Å². The van der Waals surface area contributed by atoms with Crippen molar-refractivity contribution < 1.29 is 0 Å². The summed E-state index contributed by atoms with van der Waals surface area (Å²) < 4.78 is 2.08. The Hall–Kier alpha value is -1.95. The third kappa shape index (κ3) is 3.37. The molecule has 0 unspecified atom stereocenters. The number of hydrogen-bond donors (Lipinski definition) is 2. The maximum Gasteiger partial charge on any atom is 0.133 e. The largest absolute Gasteiger partial charge is 0.360 e. The van der Waals surface area contributed by atoms with Gasteiger partial charge in [-0.05, 0) is 25.8 Å². The van der Waals surface area contributed by atoms with E-state index in [0.717, 1.165) is 43.4 Å². The van der Waals surface area contributed by atoms with Crippen molar-refractivity contribution in [3.8, 4) is 0 Å². The molecule has 0 saturated heterocycles. The molecule has 23 heavy (non-hydrogen) atoms. The second-order valence-corrected chi connectivity index (χ2v) is 6.56. The summed E-state index contributed by atoms with van der Waals surface area (Å²) >= 11 is 0. The van der Waals surface area contributed by atoms with Gasteiger partial charge in [0.1, 0.15) is 17.5 Å². The minimum absolute atomic E-state index is 0.129. The lowest BCUT2D eigenvalue weighted by Crippen LogP contribution is -2.23. The first kappa shape index (κ1) is 15.9. The number of nitrogens with zero attached hydrogens (tertiary/aromatic N) is 4. The van der Waals surface area contributed by atoms with Crippen LogP contribution in [-0.2, 0) is 19.9 Å². The van der Waals surface area contributed by atoms with Crippen LogP contribution in [0.15, 0.2) is 12.4 Å². The van der Waals surface area contributed by atoms with Crippen LogP contribution in [0, 0.1) is 12.8 Å². The summed E-state index contributed by atoms with van der Waals surface area (Å²) in [5.74, 6) is 3.25. The summed E-state index contributed by atoms with van der Waals surface area (Å²) in [4.78, 5) is 13.9. The molecule has 2 aromatic rings. The smallest absolute Gasteiger partial charge is 0.133 e. The second kappa shape index (κ2) is 6.66. The summed E-state index contributed by atoms with van der Waals surface area (Å²) in [7, 11) is 2.04. The van der Waals surface area contributed by atoms with Crippen molar-refractivity contribution in [2.75, 3.05) is 18.4 Å². The SMILES string of the molecule is Cc1nc2c(c(N[C@H](c3nccn3C)C(C)C)n1)CCNCC2. The summed E-state index contributed by atoms with van der Waals surface area (Å²) in [6, 6.07) is 0.129. The molecule has 2 N–H and O–H groups in total. The lowest BCUT2D eigenvalue weighted by molar-refractivity contribution is 0.505. The van der Waals surface area contributed by atoms with Gasteiger partial charge in [-0.3, -0.25) is 0 Å². The Morgan fingerprint density at radius 2 is 2.00 bits per heavy atom. The van der Waals surface area contributed by atoms with E-state index in [1.807, 2.05) is 26.4 Å². The van der Waals surface area contributed by atoms with Crippen LogP contribution in [-0.4, -0.2) is 32.6 Å². The van der Waals surface area contributed by atoms with Crippen LogP contribution < -0.4 is 10.6 Å². The lowest BCUT2D eigenvalue weighted by atomic mass is 10.0. The number of imidazole rings is 1. The molecule has 1 atom stereocenters. The monoisotopic (exact) mass is 314 g/mol. The van der Waals surface area contributed by atoms with Gasteiger partial charge in [0.05, 0.1) is 11.7 Å². The Kier molecular flexibility index (Phi) is 4.61. The highest BCUT2D eigenvalue weighted by Gasteiger charge is 2.23. The topological polar surface area (TPSA) is 67.7 Å². The predicted octanol–water partition coefficient (Wildman–Crippen LogP) is 2.02. The number of rotatable bonds is 4. The molecule has 0 radical (unpaired) electrons. The van der Waals surface area contributed by atoms with E-state index in [1.54, 1.807) is 0 Å². The Morgan fingerprint density at radius 1 is 1.22 bits per heavy atom. The molecule has 3 heterocycles. The number of fused-ring (bicyclic) bond motifs is 1. The summed E-state index contributed by atoms with van der Waals surface area (Å²) in [5.41, 5.74) is 2.42. The molecule has 0 spiro atoms. The predicted molar refractivity (Wildman–Crippen MR) is 91.5 cm³/mol. The number of nitrogens with one attached hydrogen (secondary N) is 2. The Morgan fingerprint density at radius 3 is 2.70 bits per heavy atom. The van der Waals surface area contributed by atoms with Crippen LogP contribution in [0.4, 0.5) is 5.82 Å². The van der Waals surface area contributed by atoms with E-state index in [0.29, 0.717) is 5.92 Å². The van der Waals surface area contributed by atoms with E-state index >= 15 is 0 Å². The van der Waals surface area contributed by atoms with E-state index in [2.05, 4.69) is 39.0 Å². The van der Waals surface area contributed by atoms with Gasteiger partial charge in [0.2, 0.25) is 0 Å². The van der Waals surface area contributed by atoms with E-state index in [1.165, 1.54) is 11.3 Å². The molecule has 6 heteroatoms. The molecule has 1 aliphatic rings. The van der Waals surface area contributed by atoms with Crippen molar-refractivity contribution in [1.29, 1.82) is 0 Å². The van der Waals surface area contributed by atoms with Gasteiger partial charge in [-0.15, -0.1) is 0 Å². The first-order valence-electron chi connectivity index (χ1n) is 8.37. The van der Waals surface area contributed by atoms with Crippen LogP contribution >= 0.6 is 0 Å². The van der Waals surface area contributed by atoms with Crippen LogP contribution in [0.3, 0.4) is 0 Å². The van der Waals surface area contributed by atoms with E-state index in [4.69, 9.17) is 4.98 Å². The van der Waals surface area contributed by atoms with Crippen LogP contribution in [0.1, 0.15) is 42.8 Å². The van der Waals surface area contributed by atoms with Gasteiger partial charge >= 0.3 is 0 Å². The molecule has 3 rings (SSSR count). The molecular formula is C17H26N6. The number of hydrogen-bond acceptors (Lipinski definition) is 5. The highest BCUT2D eigenvalue weighted by molar-refractivity contribution is 5.49. The van der Waals surface area contributed by atoms with Crippen LogP contribution in [0.25, 0.3) is 0 Å². The van der Waals surface area contributed by atoms with Crippen LogP contribution in [0.5, 0.6) is 0 Å². The molecule has 6 nitrogen and oxygen atoms in total. The quantitative estimate of drug-likeness (QED) is 0.903. The Balaban J connectivity index is 1.97. The zero-order chi connectivity index (χ0) is 16.4. The first-order valence-corrected chi connectivity index (χ1v) is 8.37. The minimum atomic E-state index is 0.129. The Bertz CT molecular complexity index is 676. The van der Waals surface area contributed by atoms with Gasteiger partial charge in [-0.1, -0.05) is 13.8 Å². The van der Waals surface area contributed by atoms with Crippen molar-refractivity contribution in [1.82, 2.24) is 24.8 Å². The van der Waals surface area contributed by atoms with Crippen molar-refractivity contribution in [2.24, 2.45) is 13.0 Å². The second-order valence-electron chi connectivity index (χ2n) is 6.56. The van der Waals surface area contributed by atoms with Crippen molar-refractivity contribution in [2.45, 2.75) is 39.7 Å². The van der Waals surface area contributed by atoms with Gasteiger partial charge in [-0.25, -0.2) is 15.0 Å². The highest BCUT2D eigenvalue weighted by Crippen LogP contribution is 2.28. The molecule has 1 aliphatic heterocycles. The molecular weight excluding hydrogens is 288 g/mol. The summed E-state index contributed by atoms with van der Waals surface area (Å²) in [5, 5.41) is 7.10. The summed E-state index contributed by atoms with van der Waals surface area (Å²) in [6.45, 7) is 8.34. The molecule has 0 bridgehead atoms. The molecule has 0 fully saturated rings.